The minimum Gasteiger partial charge on any atom is -0.322 e. The van der Waals surface area contributed by atoms with Crippen LogP contribution in [0.4, 0.5) is 0 Å². The molecule has 3 N–H and O–H groups in total. The lowest BCUT2D eigenvalue weighted by atomic mass is 10.0. The zero-order valence-electron chi connectivity index (χ0n) is 17.9. The predicted octanol–water partition coefficient (Wildman–Crippen LogP) is 0.364. The summed E-state index contributed by atoms with van der Waals surface area (Å²) >= 11 is 0. The number of nitrogens with zero attached hydrogens (tertiary/aromatic N) is 2. The Balaban J connectivity index is 1.27. The fourth-order valence-electron chi connectivity index (χ4n) is 5.69. The third-order valence-electron chi connectivity index (χ3n) is 7.33. The Bertz CT molecular complexity index is 882. The number of hydrogen-bond donors (Lipinski definition) is 3. The van der Waals surface area contributed by atoms with Gasteiger partial charge in [-0.15, -0.1) is 0 Å². The van der Waals surface area contributed by atoms with Crippen molar-refractivity contribution >= 4 is 17.7 Å². The van der Waals surface area contributed by atoms with E-state index in [4.69, 9.17) is 0 Å². The Morgan fingerprint density at radius 3 is 2.71 bits per heavy atom. The lowest BCUT2D eigenvalue weighted by Crippen LogP contribution is -2.53. The molecule has 1 aromatic rings. The maximum Gasteiger partial charge on any atom is 0.255 e. The molecule has 0 radical (unpaired) electrons. The summed E-state index contributed by atoms with van der Waals surface area (Å²) in [6.45, 7) is 5.51. The first-order valence-electron chi connectivity index (χ1n) is 11.6. The number of rotatable bonds is 5. The van der Waals surface area contributed by atoms with E-state index in [1.165, 1.54) is 19.3 Å². The first-order chi connectivity index (χ1) is 15.1. The fraction of sp³-hybridized carbons (Fsp3) is 0.609. The van der Waals surface area contributed by atoms with Crippen molar-refractivity contribution in [1.82, 2.24) is 25.8 Å². The molecule has 0 spiro atoms. The second-order valence-electron chi connectivity index (χ2n) is 9.11. The second kappa shape index (κ2) is 8.68. The Morgan fingerprint density at radius 2 is 1.90 bits per heavy atom. The molecular weight excluding hydrogens is 394 g/mol. The lowest BCUT2D eigenvalue weighted by molar-refractivity contribution is -0.136. The Kier molecular flexibility index (Phi) is 5.77. The molecule has 3 aliphatic heterocycles. The van der Waals surface area contributed by atoms with Crippen LogP contribution in [0.1, 0.15) is 53.6 Å². The smallest absolute Gasteiger partial charge is 0.255 e. The number of nitrogens with one attached hydrogen (secondary N) is 3. The lowest BCUT2D eigenvalue weighted by Gasteiger charge is -2.36. The normalized spacial score (nSPS) is 29.4. The van der Waals surface area contributed by atoms with Crippen molar-refractivity contribution in [3.8, 4) is 0 Å². The van der Waals surface area contributed by atoms with Gasteiger partial charge in [-0.25, -0.2) is 0 Å². The number of piperidine rings is 1. The Labute approximate surface area is 182 Å². The predicted molar refractivity (Wildman–Crippen MR) is 115 cm³/mol. The van der Waals surface area contributed by atoms with Crippen molar-refractivity contribution < 1.29 is 14.4 Å². The van der Waals surface area contributed by atoms with Crippen LogP contribution in [-0.4, -0.2) is 71.8 Å². The van der Waals surface area contributed by atoms with E-state index in [1.807, 2.05) is 12.1 Å². The molecule has 4 aliphatic rings. The van der Waals surface area contributed by atoms with Gasteiger partial charge < -0.3 is 15.5 Å². The Morgan fingerprint density at radius 1 is 1.06 bits per heavy atom. The van der Waals surface area contributed by atoms with Crippen LogP contribution in [-0.2, 0) is 22.7 Å². The van der Waals surface area contributed by atoms with Crippen LogP contribution in [0.25, 0.3) is 0 Å². The monoisotopic (exact) mass is 425 g/mol. The van der Waals surface area contributed by atoms with E-state index < -0.39 is 6.04 Å². The van der Waals surface area contributed by atoms with Crippen LogP contribution in [0.15, 0.2) is 18.2 Å². The summed E-state index contributed by atoms with van der Waals surface area (Å²) in [7, 11) is 0. The van der Waals surface area contributed by atoms with E-state index in [2.05, 4.69) is 26.9 Å². The molecule has 0 bridgehead atoms. The van der Waals surface area contributed by atoms with Crippen molar-refractivity contribution in [2.24, 2.45) is 0 Å². The van der Waals surface area contributed by atoms with Crippen LogP contribution in [0.2, 0.25) is 0 Å². The first kappa shape index (κ1) is 20.6. The number of imide groups is 1. The van der Waals surface area contributed by atoms with Crippen molar-refractivity contribution in [3.63, 3.8) is 0 Å². The average Bonchev–Trinajstić information content (AvgIpc) is 3.38. The quantitative estimate of drug-likeness (QED) is 0.590. The molecule has 8 nitrogen and oxygen atoms in total. The van der Waals surface area contributed by atoms with Crippen molar-refractivity contribution in [1.29, 1.82) is 0 Å². The summed E-state index contributed by atoms with van der Waals surface area (Å²) in [6, 6.07) is 6.36. The highest BCUT2D eigenvalue weighted by atomic mass is 16.2. The third-order valence-corrected chi connectivity index (χ3v) is 7.33. The zero-order valence-corrected chi connectivity index (χ0v) is 17.9. The number of piperazine rings is 1. The highest BCUT2D eigenvalue weighted by Crippen LogP contribution is 2.31. The molecule has 1 unspecified atom stereocenters. The minimum absolute atomic E-state index is 0.106. The molecule has 1 aliphatic carbocycles. The van der Waals surface area contributed by atoms with Gasteiger partial charge in [0.15, 0.2) is 0 Å². The van der Waals surface area contributed by atoms with Crippen LogP contribution in [0.5, 0.6) is 0 Å². The number of hydrogen-bond acceptors (Lipinski definition) is 6. The first-order valence-corrected chi connectivity index (χ1v) is 11.6. The van der Waals surface area contributed by atoms with E-state index in [0.29, 0.717) is 30.6 Å². The standard InChI is InChI=1S/C23H31N5O3/c29-21-8-7-20(22(30)26-21)28-14-17-15(3-1-4-16(17)23(28)31)13-25-18-5-2-6-19(18)27-11-9-24-10-12-27/h1,3-4,18-20,24-25H,2,5-14H2,(H,26,29,30)/t18-,19+,20?/m1/s1. The van der Waals surface area contributed by atoms with Gasteiger partial charge in [-0.05, 0) is 36.5 Å². The molecule has 3 heterocycles. The van der Waals surface area contributed by atoms with E-state index in [-0.39, 0.29) is 24.1 Å². The topological polar surface area (TPSA) is 93.8 Å². The summed E-state index contributed by atoms with van der Waals surface area (Å²) in [5, 5.41) is 9.59. The Hall–Kier alpha value is -2.29. The fourth-order valence-corrected chi connectivity index (χ4v) is 5.69. The van der Waals surface area contributed by atoms with Gasteiger partial charge in [-0.1, -0.05) is 18.6 Å². The summed E-state index contributed by atoms with van der Waals surface area (Å²) in [4.78, 5) is 41.1. The molecule has 3 atom stereocenters. The van der Waals surface area contributed by atoms with E-state index >= 15 is 0 Å². The van der Waals surface area contributed by atoms with Crippen LogP contribution >= 0.6 is 0 Å². The van der Waals surface area contributed by atoms with E-state index in [1.54, 1.807) is 4.90 Å². The molecule has 31 heavy (non-hydrogen) atoms. The van der Waals surface area contributed by atoms with Crippen LogP contribution < -0.4 is 16.0 Å². The van der Waals surface area contributed by atoms with Crippen molar-refractivity contribution in [2.45, 2.75) is 63.3 Å². The molecule has 2 saturated heterocycles. The van der Waals surface area contributed by atoms with Crippen molar-refractivity contribution in [3.05, 3.63) is 34.9 Å². The maximum absolute atomic E-state index is 13.0. The molecule has 5 rings (SSSR count). The number of benzene rings is 1. The maximum atomic E-state index is 13.0. The van der Waals surface area contributed by atoms with E-state index in [0.717, 1.165) is 43.9 Å². The molecule has 3 amide bonds. The average molecular weight is 426 g/mol. The van der Waals surface area contributed by atoms with Gasteiger partial charge in [0.2, 0.25) is 11.8 Å². The van der Waals surface area contributed by atoms with Crippen LogP contribution in [0.3, 0.4) is 0 Å². The second-order valence-corrected chi connectivity index (χ2v) is 9.11. The third kappa shape index (κ3) is 4.00. The highest BCUT2D eigenvalue weighted by Gasteiger charge is 2.40. The zero-order chi connectivity index (χ0) is 21.4. The summed E-state index contributed by atoms with van der Waals surface area (Å²) < 4.78 is 0. The van der Waals surface area contributed by atoms with Gasteiger partial charge in [0, 0.05) is 63.3 Å². The molecule has 3 fully saturated rings. The van der Waals surface area contributed by atoms with Gasteiger partial charge in [-0.2, -0.15) is 0 Å². The van der Waals surface area contributed by atoms with Gasteiger partial charge in [0.05, 0.1) is 0 Å². The SMILES string of the molecule is O=C1CCC(N2Cc3c(CN[C@@H]4CCC[C@@H]4N4CCNCC4)cccc3C2=O)C(=O)N1. The molecular formula is C23H31N5O3. The molecule has 8 heteroatoms. The summed E-state index contributed by atoms with van der Waals surface area (Å²) in [5.41, 5.74) is 2.84. The van der Waals surface area contributed by atoms with Crippen molar-refractivity contribution in [2.75, 3.05) is 26.2 Å². The molecule has 166 valence electrons. The number of amides is 3. The number of carbonyl (C=O) groups is 3. The number of fused-ring (bicyclic) bond motifs is 1. The van der Waals surface area contributed by atoms with Crippen LogP contribution in [0, 0.1) is 0 Å². The summed E-state index contributed by atoms with van der Waals surface area (Å²) in [6.07, 6.45) is 4.35. The largest absolute Gasteiger partial charge is 0.322 e. The number of carbonyl (C=O) groups excluding carboxylic acids is 3. The highest BCUT2D eigenvalue weighted by molar-refractivity contribution is 6.05. The molecule has 1 saturated carbocycles. The minimum atomic E-state index is -0.565. The van der Waals surface area contributed by atoms with Gasteiger partial charge >= 0.3 is 0 Å². The van der Waals surface area contributed by atoms with Gasteiger partial charge in [-0.3, -0.25) is 24.6 Å². The van der Waals surface area contributed by atoms with E-state index in [9.17, 15) is 14.4 Å². The van der Waals surface area contributed by atoms with Gasteiger partial charge in [0.1, 0.15) is 6.04 Å². The molecule has 1 aromatic carbocycles. The summed E-state index contributed by atoms with van der Waals surface area (Å²) in [5.74, 6) is -0.723. The van der Waals surface area contributed by atoms with Gasteiger partial charge in [0.25, 0.3) is 5.91 Å². The molecule has 0 aromatic heterocycles.